The third kappa shape index (κ3) is 5.79. The Hall–Kier alpha value is -1.49. The number of carbonyl (C=O) groups is 1. The van der Waals surface area contributed by atoms with Crippen molar-refractivity contribution in [3.05, 3.63) is 12.2 Å². The van der Waals surface area contributed by atoms with Crippen LogP contribution in [0.4, 0.5) is 43.9 Å². The zero-order valence-corrected chi connectivity index (χ0v) is 9.72. The van der Waals surface area contributed by atoms with Crippen LogP contribution in [0.5, 0.6) is 0 Å². The van der Waals surface area contributed by atoms with Gasteiger partial charge in [0.25, 0.3) is 0 Å². The van der Waals surface area contributed by atoms with E-state index in [9.17, 15) is 48.7 Å². The van der Waals surface area contributed by atoms with Gasteiger partial charge in [-0.2, -0.15) is 43.9 Å². The molecule has 0 saturated carbocycles. The zero-order valence-electron chi connectivity index (χ0n) is 9.72. The molecule has 12 heteroatoms. The average molecular weight is 336 g/mol. The molecule has 0 aliphatic rings. The van der Waals surface area contributed by atoms with Crippen molar-refractivity contribution >= 4 is 5.97 Å². The second kappa shape index (κ2) is 5.72. The molecule has 0 atom stereocenters. The molecule has 0 unspecified atom stereocenters. The molecule has 0 bridgehead atoms. The van der Waals surface area contributed by atoms with Crippen molar-refractivity contribution in [2.24, 2.45) is 0 Å². The smallest absolute Gasteiger partial charge is 0.422 e. The molecule has 0 radical (unpaired) electrons. The molecule has 0 aliphatic carbocycles. The number of carbonyl (C=O) groups excluding carboxylic acids is 1. The van der Waals surface area contributed by atoms with Crippen molar-refractivity contribution in [3.63, 3.8) is 0 Å². The summed E-state index contributed by atoms with van der Waals surface area (Å²) in [4.78, 5) is 10.6. The Labute approximate surface area is 110 Å². The highest BCUT2D eigenvalue weighted by Crippen LogP contribution is 2.42. The van der Waals surface area contributed by atoms with Crippen LogP contribution in [-0.4, -0.2) is 36.8 Å². The van der Waals surface area contributed by atoms with Gasteiger partial charge < -0.3 is 4.74 Å². The first-order valence-electron chi connectivity index (χ1n) is 4.75. The van der Waals surface area contributed by atoms with E-state index < -0.39 is 48.8 Å². The van der Waals surface area contributed by atoms with Crippen LogP contribution in [0.1, 0.15) is 6.42 Å². The van der Waals surface area contributed by atoms with Gasteiger partial charge in [0.2, 0.25) is 0 Å². The number of ether oxygens (including phenoxy) is 1. The van der Waals surface area contributed by atoms with E-state index >= 15 is 0 Å². The van der Waals surface area contributed by atoms with Crippen LogP contribution >= 0.6 is 0 Å². The molecule has 0 spiro atoms. The number of hydrogen-bond acceptors (Lipinski definition) is 2. The van der Waals surface area contributed by atoms with Crippen molar-refractivity contribution in [2.45, 2.75) is 30.6 Å². The molecule has 0 saturated heterocycles. The van der Waals surface area contributed by atoms with E-state index in [1.807, 2.05) is 0 Å². The molecule has 2 nitrogen and oxygen atoms in total. The van der Waals surface area contributed by atoms with Gasteiger partial charge in [-0.3, -0.25) is 0 Å². The Morgan fingerprint density at radius 3 is 1.62 bits per heavy atom. The monoisotopic (exact) mass is 336 g/mol. The van der Waals surface area contributed by atoms with E-state index in [0.717, 1.165) is 0 Å². The SMILES string of the molecule is C=C(C(=O)OCC(F)(F)C(F)(F)CC(F)(F)F)C(F)(F)F. The molecule has 0 rings (SSSR count). The first-order valence-corrected chi connectivity index (χ1v) is 4.75. The van der Waals surface area contributed by atoms with Gasteiger partial charge in [0.1, 0.15) is 12.0 Å². The largest absolute Gasteiger partial charge is 0.455 e. The first-order chi connectivity index (χ1) is 9.00. The summed E-state index contributed by atoms with van der Waals surface area (Å²) in [5.41, 5.74) is -2.27. The predicted octanol–water partition coefficient (Wildman–Crippen LogP) is 3.87. The maximum Gasteiger partial charge on any atom is 0.422 e. The Morgan fingerprint density at radius 2 is 1.29 bits per heavy atom. The molecule has 0 aromatic carbocycles. The molecule has 0 aliphatic heterocycles. The van der Waals surface area contributed by atoms with E-state index in [4.69, 9.17) is 0 Å². The quantitative estimate of drug-likeness (QED) is 0.433. The number of alkyl halides is 10. The van der Waals surface area contributed by atoms with Gasteiger partial charge in [-0.1, -0.05) is 6.58 Å². The summed E-state index contributed by atoms with van der Waals surface area (Å²) in [7, 11) is 0. The van der Waals surface area contributed by atoms with E-state index in [1.54, 1.807) is 0 Å². The number of esters is 1. The van der Waals surface area contributed by atoms with Gasteiger partial charge in [0, 0.05) is 0 Å². The normalized spacial score (nSPS) is 14.0. The van der Waals surface area contributed by atoms with Gasteiger partial charge in [-0.25, -0.2) is 4.79 Å². The standard InChI is InChI=1S/C9H6F10O2/c1-4(9(17,18)19)5(20)21-3-7(12,13)6(10,11)2-8(14,15)16/h1-3H2. The van der Waals surface area contributed by atoms with E-state index in [0.29, 0.717) is 0 Å². The molecule has 124 valence electrons. The average Bonchev–Trinajstić information content (AvgIpc) is 2.19. The fraction of sp³-hybridized carbons (Fsp3) is 0.667. The molecular weight excluding hydrogens is 330 g/mol. The van der Waals surface area contributed by atoms with Crippen LogP contribution < -0.4 is 0 Å². The van der Waals surface area contributed by atoms with Crippen molar-refractivity contribution < 1.29 is 53.4 Å². The van der Waals surface area contributed by atoms with Crippen LogP contribution in [0.25, 0.3) is 0 Å². The highest BCUT2D eigenvalue weighted by atomic mass is 19.4. The second-order valence-electron chi connectivity index (χ2n) is 3.75. The third-order valence-electron chi connectivity index (χ3n) is 1.93. The van der Waals surface area contributed by atoms with Crippen molar-refractivity contribution in [3.8, 4) is 0 Å². The van der Waals surface area contributed by atoms with Gasteiger partial charge in [0.05, 0.1) is 0 Å². The first kappa shape index (κ1) is 19.5. The minimum atomic E-state index is -5.66. The van der Waals surface area contributed by atoms with Gasteiger partial charge in [-0.05, 0) is 0 Å². The zero-order chi connectivity index (χ0) is 17.3. The lowest BCUT2D eigenvalue weighted by atomic mass is 10.1. The highest BCUT2D eigenvalue weighted by molar-refractivity contribution is 5.89. The summed E-state index contributed by atoms with van der Waals surface area (Å²) in [6, 6.07) is 0. The van der Waals surface area contributed by atoms with Crippen LogP contribution in [0.15, 0.2) is 12.2 Å². The second-order valence-corrected chi connectivity index (χ2v) is 3.75. The van der Waals surface area contributed by atoms with E-state index in [2.05, 4.69) is 11.3 Å². The summed E-state index contributed by atoms with van der Waals surface area (Å²) in [6.45, 7) is -0.526. The minimum absolute atomic E-state index is 2.14. The lowest BCUT2D eigenvalue weighted by Crippen LogP contribution is -2.47. The fourth-order valence-electron chi connectivity index (χ4n) is 0.846. The van der Waals surface area contributed by atoms with Gasteiger partial charge >= 0.3 is 30.2 Å². The van der Waals surface area contributed by atoms with Crippen molar-refractivity contribution in [1.29, 1.82) is 0 Å². The van der Waals surface area contributed by atoms with Crippen molar-refractivity contribution in [2.75, 3.05) is 6.61 Å². The van der Waals surface area contributed by atoms with E-state index in [-0.39, 0.29) is 0 Å². The number of halogens is 10. The molecule has 0 N–H and O–H groups in total. The topological polar surface area (TPSA) is 26.3 Å². The van der Waals surface area contributed by atoms with E-state index in [1.165, 1.54) is 0 Å². The Kier molecular flexibility index (Phi) is 5.31. The molecule has 0 fully saturated rings. The summed E-state index contributed by atoms with van der Waals surface area (Å²) in [5.74, 6) is -13.7. The number of hydrogen-bond donors (Lipinski definition) is 0. The minimum Gasteiger partial charge on any atom is -0.455 e. The lowest BCUT2D eigenvalue weighted by Gasteiger charge is -2.27. The van der Waals surface area contributed by atoms with Gasteiger partial charge in [-0.15, -0.1) is 0 Å². The van der Waals surface area contributed by atoms with Gasteiger partial charge in [0.15, 0.2) is 6.61 Å². The van der Waals surface area contributed by atoms with Crippen LogP contribution in [-0.2, 0) is 9.53 Å². The number of rotatable bonds is 5. The molecular formula is C9H6F10O2. The molecule has 0 heterocycles. The Morgan fingerprint density at radius 1 is 0.857 bits per heavy atom. The van der Waals surface area contributed by atoms with Crippen molar-refractivity contribution in [1.82, 2.24) is 0 Å². The Balaban J connectivity index is 4.84. The van der Waals surface area contributed by atoms with Crippen LogP contribution in [0.3, 0.4) is 0 Å². The maximum atomic E-state index is 12.8. The molecule has 0 aromatic heterocycles. The summed E-state index contributed by atoms with van der Waals surface area (Å²) < 4.78 is 125. The molecule has 21 heavy (non-hydrogen) atoms. The third-order valence-corrected chi connectivity index (χ3v) is 1.93. The highest BCUT2D eigenvalue weighted by Gasteiger charge is 2.61. The summed E-state index contributed by atoms with van der Waals surface area (Å²) in [6.07, 6.45) is -14.3. The maximum absolute atomic E-state index is 12.8. The van der Waals surface area contributed by atoms with Crippen LogP contribution in [0, 0.1) is 0 Å². The molecule has 0 aromatic rings. The van der Waals surface area contributed by atoms with Crippen LogP contribution in [0.2, 0.25) is 0 Å². The Bertz CT molecular complexity index is 406. The fourth-order valence-corrected chi connectivity index (χ4v) is 0.846. The summed E-state index contributed by atoms with van der Waals surface area (Å²) in [5, 5.41) is 0. The predicted molar refractivity (Wildman–Crippen MR) is 46.7 cm³/mol. The lowest BCUT2D eigenvalue weighted by molar-refractivity contribution is -0.274. The molecule has 0 amide bonds. The summed E-state index contributed by atoms with van der Waals surface area (Å²) >= 11 is 0.